The van der Waals surface area contributed by atoms with Crippen LogP contribution in [0, 0.1) is 0 Å². The first-order chi connectivity index (χ1) is 13.2. The Morgan fingerprint density at radius 1 is 1.29 bits per heavy atom. The fourth-order valence-corrected chi connectivity index (χ4v) is 3.21. The molecule has 1 heterocycles. The van der Waals surface area contributed by atoms with Crippen molar-refractivity contribution in [1.29, 1.82) is 0 Å². The number of carbonyl (C=O) groups excluding carboxylic acids is 1. The van der Waals surface area contributed by atoms with Crippen molar-refractivity contribution in [3.63, 3.8) is 0 Å². The number of hydrogen-bond acceptors (Lipinski definition) is 4. The van der Waals surface area contributed by atoms with Gasteiger partial charge in [0.1, 0.15) is 11.5 Å². The number of halogens is 3. The number of piperidine rings is 1. The number of nitrogens with zero attached hydrogens (tertiary/aromatic N) is 1. The molecule has 1 N–H and O–H groups in total. The van der Waals surface area contributed by atoms with Crippen molar-refractivity contribution in [3.05, 3.63) is 23.8 Å². The monoisotopic (exact) mass is 402 g/mol. The molecule has 0 aromatic heterocycles. The molecule has 0 saturated carbocycles. The Morgan fingerprint density at radius 2 is 2.04 bits per heavy atom. The van der Waals surface area contributed by atoms with Gasteiger partial charge in [-0.3, -0.25) is 4.79 Å². The molecule has 0 radical (unpaired) electrons. The Hall–Kier alpha value is -1.96. The van der Waals surface area contributed by atoms with Crippen LogP contribution in [0.3, 0.4) is 0 Å². The average molecular weight is 402 g/mol. The summed E-state index contributed by atoms with van der Waals surface area (Å²) in [6, 6.07) is 4.35. The van der Waals surface area contributed by atoms with Crippen LogP contribution in [0.25, 0.3) is 0 Å². The molecule has 1 fully saturated rings. The van der Waals surface area contributed by atoms with Gasteiger partial charge in [0.05, 0.1) is 12.2 Å². The minimum atomic E-state index is -4.45. The van der Waals surface area contributed by atoms with Gasteiger partial charge in [-0.25, -0.2) is 0 Å². The Kier molecular flexibility index (Phi) is 7.98. The summed E-state index contributed by atoms with van der Waals surface area (Å²) in [6.45, 7) is 6.03. The minimum Gasteiger partial charge on any atom is -0.493 e. The van der Waals surface area contributed by atoms with E-state index in [-0.39, 0.29) is 29.3 Å². The van der Waals surface area contributed by atoms with Crippen LogP contribution in [0.2, 0.25) is 0 Å². The third-order valence-electron chi connectivity index (χ3n) is 4.60. The summed E-state index contributed by atoms with van der Waals surface area (Å²) in [6.07, 6.45) is -1.22. The number of benzene rings is 1. The second-order valence-corrected chi connectivity index (χ2v) is 7.19. The van der Waals surface area contributed by atoms with Crippen molar-refractivity contribution in [2.45, 2.75) is 58.3 Å². The van der Waals surface area contributed by atoms with Gasteiger partial charge >= 0.3 is 6.18 Å². The predicted octanol–water partition coefficient (Wildman–Crippen LogP) is 4.02. The first-order valence-electron chi connectivity index (χ1n) is 9.72. The first-order valence-corrected chi connectivity index (χ1v) is 9.72. The van der Waals surface area contributed by atoms with E-state index in [1.54, 1.807) is 11.8 Å². The second-order valence-electron chi connectivity index (χ2n) is 7.19. The van der Waals surface area contributed by atoms with Crippen molar-refractivity contribution in [2.24, 2.45) is 0 Å². The Balaban J connectivity index is 2.24. The molecule has 1 aromatic carbocycles. The van der Waals surface area contributed by atoms with Gasteiger partial charge in [-0.1, -0.05) is 6.42 Å². The maximum atomic E-state index is 13.2. The number of alkyl halides is 3. The summed E-state index contributed by atoms with van der Waals surface area (Å²) in [7, 11) is 0. The molecule has 1 saturated heterocycles. The molecular weight excluding hydrogens is 373 g/mol. The van der Waals surface area contributed by atoms with Gasteiger partial charge in [0, 0.05) is 18.6 Å². The molecule has 1 aromatic rings. The van der Waals surface area contributed by atoms with E-state index >= 15 is 0 Å². The predicted molar refractivity (Wildman–Crippen MR) is 101 cm³/mol. The zero-order valence-corrected chi connectivity index (χ0v) is 16.6. The van der Waals surface area contributed by atoms with Gasteiger partial charge in [0.25, 0.3) is 5.91 Å². The summed E-state index contributed by atoms with van der Waals surface area (Å²) < 4.78 is 47.7. The van der Waals surface area contributed by atoms with Crippen molar-refractivity contribution >= 4 is 5.91 Å². The molecule has 28 heavy (non-hydrogen) atoms. The van der Waals surface area contributed by atoms with Crippen LogP contribution < -0.4 is 14.8 Å². The lowest BCUT2D eigenvalue weighted by Gasteiger charge is -2.33. The normalized spacial score (nSPS) is 17.5. The maximum Gasteiger partial charge on any atom is 0.422 e. The van der Waals surface area contributed by atoms with E-state index in [1.165, 1.54) is 18.2 Å². The van der Waals surface area contributed by atoms with Crippen LogP contribution >= 0.6 is 0 Å². The summed E-state index contributed by atoms with van der Waals surface area (Å²) in [4.78, 5) is 15.0. The van der Waals surface area contributed by atoms with Gasteiger partial charge in [-0.15, -0.1) is 0 Å². The van der Waals surface area contributed by atoms with Gasteiger partial charge in [-0.05, 0) is 58.4 Å². The quantitative estimate of drug-likeness (QED) is 0.714. The van der Waals surface area contributed by atoms with E-state index in [4.69, 9.17) is 9.47 Å². The maximum absolute atomic E-state index is 13.2. The molecule has 1 aliphatic rings. The van der Waals surface area contributed by atoms with Crippen LogP contribution in [0.5, 0.6) is 11.5 Å². The van der Waals surface area contributed by atoms with E-state index in [9.17, 15) is 18.0 Å². The topological polar surface area (TPSA) is 50.8 Å². The van der Waals surface area contributed by atoms with Crippen LogP contribution in [-0.4, -0.2) is 55.4 Å². The SMILES string of the molecule is CCOc1ccc(OCC(F)(F)F)cc1C(=O)N(CC1CCCCN1)C(C)C. The molecule has 1 amide bonds. The van der Waals surface area contributed by atoms with Crippen molar-refractivity contribution in [1.82, 2.24) is 10.2 Å². The molecule has 1 aliphatic heterocycles. The van der Waals surface area contributed by atoms with Crippen LogP contribution in [0.4, 0.5) is 13.2 Å². The molecule has 8 heteroatoms. The molecule has 2 rings (SSSR count). The third-order valence-corrected chi connectivity index (χ3v) is 4.60. The highest BCUT2D eigenvalue weighted by atomic mass is 19.4. The van der Waals surface area contributed by atoms with Gasteiger partial charge in [0.2, 0.25) is 0 Å². The van der Waals surface area contributed by atoms with Crippen LogP contribution in [-0.2, 0) is 0 Å². The highest BCUT2D eigenvalue weighted by Crippen LogP contribution is 2.28. The standard InChI is InChI=1S/C20H29F3N2O3/c1-4-27-18-9-8-16(28-13-20(21,22)23)11-17(18)19(26)25(14(2)3)12-15-7-5-6-10-24-15/h8-9,11,14-15,24H,4-7,10,12-13H2,1-3H3. The fraction of sp³-hybridized carbons (Fsp3) is 0.650. The highest BCUT2D eigenvalue weighted by Gasteiger charge is 2.30. The van der Waals surface area contributed by atoms with Crippen LogP contribution in [0.15, 0.2) is 18.2 Å². The lowest BCUT2D eigenvalue weighted by atomic mass is 10.0. The smallest absolute Gasteiger partial charge is 0.422 e. The van der Waals surface area contributed by atoms with Crippen LogP contribution in [0.1, 0.15) is 50.4 Å². The summed E-state index contributed by atoms with van der Waals surface area (Å²) in [5, 5.41) is 3.42. The lowest BCUT2D eigenvalue weighted by Crippen LogP contribution is -2.48. The van der Waals surface area contributed by atoms with E-state index in [2.05, 4.69) is 5.32 Å². The van der Waals surface area contributed by atoms with E-state index < -0.39 is 12.8 Å². The number of ether oxygens (including phenoxy) is 2. The molecule has 1 atom stereocenters. The summed E-state index contributed by atoms with van der Waals surface area (Å²) in [5.74, 6) is 0.0565. The van der Waals surface area contributed by atoms with E-state index in [0.29, 0.717) is 18.9 Å². The molecule has 0 spiro atoms. The number of amides is 1. The van der Waals surface area contributed by atoms with Gasteiger partial charge in [0.15, 0.2) is 6.61 Å². The minimum absolute atomic E-state index is 0.0105. The Morgan fingerprint density at radius 3 is 2.61 bits per heavy atom. The Bertz CT molecular complexity index is 644. The van der Waals surface area contributed by atoms with Gasteiger partial charge < -0.3 is 19.7 Å². The number of hydrogen-bond donors (Lipinski definition) is 1. The largest absolute Gasteiger partial charge is 0.493 e. The van der Waals surface area contributed by atoms with Crippen molar-refractivity contribution in [3.8, 4) is 11.5 Å². The number of rotatable bonds is 8. The third kappa shape index (κ3) is 6.58. The molecule has 5 nitrogen and oxygen atoms in total. The summed E-state index contributed by atoms with van der Waals surface area (Å²) in [5.41, 5.74) is 0.214. The second kappa shape index (κ2) is 10.0. The van der Waals surface area contributed by atoms with Crippen molar-refractivity contribution < 1.29 is 27.4 Å². The zero-order chi connectivity index (χ0) is 20.7. The fourth-order valence-electron chi connectivity index (χ4n) is 3.21. The van der Waals surface area contributed by atoms with E-state index in [0.717, 1.165) is 25.8 Å². The molecular formula is C20H29F3N2O3. The van der Waals surface area contributed by atoms with E-state index in [1.807, 2.05) is 13.8 Å². The molecule has 158 valence electrons. The number of nitrogens with one attached hydrogen (secondary N) is 1. The average Bonchev–Trinajstić information content (AvgIpc) is 2.65. The number of carbonyl (C=O) groups is 1. The summed E-state index contributed by atoms with van der Waals surface area (Å²) >= 11 is 0. The lowest BCUT2D eigenvalue weighted by molar-refractivity contribution is -0.153. The van der Waals surface area contributed by atoms with Crippen molar-refractivity contribution in [2.75, 3.05) is 26.3 Å². The first kappa shape index (κ1) is 22.3. The highest BCUT2D eigenvalue weighted by molar-refractivity contribution is 5.97. The Labute approximate surface area is 164 Å². The van der Waals surface area contributed by atoms with Gasteiger partial charge in [-0.2, -0.15) is 13.2 Å². The molecule has 0 aliphatic carbocycles. The zero-order valence-electron chi connectivity index (χ0n) is 16.6. The molecule has 1 unspecified atom stereocenters. The molecule has 0 bridgehead atoms.